The van der Waals surface area contributed by atoms with Crippen LogP contribution in [-0.2, 0) is 9.59 Å². The zero-order valence-corrected chi connectivity index (χ0v) is 23.4. The number of hydrazone groups is 1. The number of hydrogen-bond acceptors (Lipinski definition) is 4. The van der Waals surface area contributed by atoms with E-state index in [1.807, 2.05) is 24.3 Å². The Hall–Kier alpha value is -2.51. The fraction of sp³-hybridized carbons (Fsp3) is 0.516. The van der Waals surface area contributed by atoms with Crippen molar-refractivity contribution in [3.63, 3.8) is 0 Å². The number of rotatable bonds is 5. The van der Waals surface area contributed by atoms with Gasteiger partial charge in [0.05, 0.1) is 24.2 Å². The van der Waals surface area contributed by atoms with E-state index in [1.165, 1.54) is 12.0 Å². The molecular weight excluding hydrogens is 540 g/mol. The van der Waals surface area contributed by atoms with Crippen LogP contribution >= 0.6 is 15.9 Å². The van der Waals surface area contributed by atoms with Crippen LogP contribution in [-0.4, -0.2) is 57.9 Å². The van der Waals surface area contributed by atoms with Gasteiger partial charge in [0.2, 0.25) is 5.91 Å². The smallest absolute Gasteiger partial charge is 0.257 e. The van der Waals surface area contributed by atoms with Gasteiger partial charge in [0.1, 0.15) is 0 Å². The first-order valence-electron chi connectivity index (χ1n) is 14.2. The van der Waals surface area contributed by atoms with Crippen molar-refractivity contribution < 1.29 is 9.59 Å². The molecule has 2 aromatic carbocycles. The summed E-state index contributed by atoms with van der Waals surface area (Å²) in [7, 11) is 0. The first-order valence-corrected chi connectivity index (χ1v) is 15.2. The standard InChI is InChI=1S/C31H37BrN4O2/c32-23-14-15-25-24(18-23)29(22-12-6-2-7-13-22)30(31(38)33-25)26-19-27(21-10-4-1-5-11-21)36(34-26)28(37)20-35-16-8-3-9-17-35/h1-2,4-7,10-13,23-25,27,29-30H,3,8-9,14-20H2,(H,33,38). The zero-order chi connectivity index (χ0) is 26.1. The maximum absolute atomic E-state index is 13.8. The first-order chi connectivity index (χ1) is 18.6. The van der Waals surface area contributed by atoms with E-state index in [9.17, 15) is 9.59 Å². The SMILES string of the molecule is O=C1NC2CCC(Br)CC2C(c2ccccc2)C1C1=NN(C(=O)CN2CCCCC2)C(c2ccccc2)C1. The van der Waals surface area contributed by atoms with Gasteiger partial charge in [0, 0.05) is 23.2 Å². The first kappa shape index (κ1) is 25.8. The predicted octanol–water partition coefficient (Wildman–Crippen LogP) is 5.26. The zero-order valence-electron chi connectivity index (χ0n) is 21.8. The molecular formula is C31H37BrN4O2. The molecule has 0 bridgehead atoms. The molecule has 7 heteroatoms. The van der Waals surface area contributed by atoms with Crippen LogP contribution in [0.5, 0.6) is 0 Å². The molecule has 6 atom stereocenters. The number of benzene rings is 2. The summed E-state index contributed by atoms with van der Waals surface area (Å²) in [6.07, 6.45) is 7.19. The van der Waals surface area contributed by atoms with Crippen molar-refractivity contribution in [1.29, 1.82) is 0 Å². The number of hydrogen-bond donors (Lipinski definition) is 1. The molecule has 3 fully saturated rings. The lowest BCUT2D eigenvalue weighted by Gasteiger charge is -2.46. The highest BCUT2D eigenvalue weighted by Gasteiger charge is 2.50. The monoisotopic (exact) mass is 576 g/mol. The van der Waals surface area contributed by atoms with Crippen LogP contribution in [0.2, 0.25) is 0 Å². The highest BCUT2D eigenvalue weighted by molar-refractivity contribution is 9.09. The number of alkyl halides is 1. The van der Waals surface area contributed by atoms with Gasteiger partial charge in [-0.3, -0.25) is 14.5 Å². The summed E-state index contributed by atoms with van der Waals surface area (Å²) in [4.78, 5) is 30.2. The summed E-state index contributed by atoms with van der Waals surface area (Å²) in [5.74, 6) is 0.0792. The number of likely N-dealkylation sites (tertiary alicyclic amines) is 1. The van der Waals surface area contributed by atoms with Gasteiger partial charge < -0.3 is 5.32 Å². The number of piperidine rings is 2. The molecule has 6 unspecified atom stereocenters. The van der Waals surface area contributed by atoms with E-state index in [-0.39, 0.29) is 35.7 Å². The van der Waals surface area contributed by atoms with Crippen LogP contribution in [0.15, 0.2) is 65.8 Å². The van der Waals surface area contributed by atoms with E-state index >= 15 is 0 Å². The number of carbonyl (C=O) groups is 2. The van der Waals surface area contributed by atoms with Gasteiger partial charge in [0.15, 0.2) is 0 Å². The highest BCUT2D eigenvalue weighted by Crippen LogP contribution is 2.48. The van der Waals surface area contributed by atoms with E-state index in [0.717, 1.165) is 56.5 Å². The van der Waals surface area contributed by atoms with Crippen LogP contribution in [0.25, 0.3) is 0 Å². The van der Waals surface area contributed by atoms with Crippen LogP contribution in [0.3, 0.4) is 0 Å². The summed E-state index contributed by atoms with van der Waals surface area (Å²) < 4.78 is 0. The van der Waals surface area contributed by atoms with E-state index in [0.29, 0.717) is 23.7 Å². The molecule has 1 N–H and O–H groups in total. The third kappa shape index (κ3) is 5.20. The van der Waals surface area contributed by atoms with Crippen LogP contribution < -0.4 is 5.32 Å². The number of nitrogens with zero attached hydrogens (tertiary/aromatic N) is 3. The van der Waals surface area contributed by atoms with Crippen LogP contribution in [0.4, 0.5) is 0 Å². The summed E-state index contributed by atoms with van der Waals surface area (Å²) in [5, 5.41) is 10.1. The molecule has 2 amide bonds. The number of amides is 2. The van der Waals surface area contributed by atoms with Crippen molar-refractivity contribution in [3.8, 4) is 0 Å². The second-order valence-electron chi connectivity index (χ2n) is 11.4. The lowest BCUT2D eigenvalue weighted by Crippen LogP contribution is -2.57. The largest absolute Gasteiger partial charge is 0.352 e. The molecule has 6 nitrogen and oxygen atoms in total. The van der Waals surface area contributed by atoms with E-state index in [1.54, 1.807) is 5.01 Å². The number of nitrogens with one attached hydrogen (secondary N) is 1. The van der Waals surface area contributed by atoms with Gasteiger partial charge in [-0.1, -0.05) is 83.0 Å². The number of carbonyl (C=O) groups excluding carboxylic acids is 2. The molecule has 0 aromatic heterocycles. The molecule has 2 saturated heterocycles. The second-order valence-corrected chi connectivity index (χ2v) is 12.7. The predicted molar refractivity (Wildman–Crippen MR) is 153 cm³/mol. The Labute approximate surface area is 234 Å². The molecule has 1 aliphatic carbocycles. The summed E-state index contributed by atoms with van der Waals surface area (Å²) >= 11 is 3.88. The minimum atomic E-state index is -0.379. The molecule has 200 valence electrons. The van der Waals surface area contributed by atoms with Crippen molar-refractivity contribution >= 4 is 33.5 Å². The molecule has 3 aliphatic heterocycles. The van der Waals surface area contributed by atoms with Crippen molar-refractivity contribution in [1.82, 2.24) is 15.2 Å². The van der Waals surface area contributed by atoms with Gasteiger partial charge in [-0.2, -0.15) is 5.10 Å². The average Bonchev–Trinajstić information content (AvgIpc) is 3.39. The molecule has 3 heterocycles. The maximum Gasteiger partial charge on any atom is 0.257 e. The molecule has 6 rings (SSSR count). The fourth-order valence-electron chi connectivity index (χ4n) is 7.15. The summed E-state index contributed by atoms with van der Waals surface area (Å²) in [6.45, 7) is 2.31. The van der Waals surface area contributed by atoms with Crippen molar-refractivity contribution in [2.45, 2.75) is 67.8 Å². The highest BCUT2D eigenvalue weighted by atomic mass is 79.9. The third-order valence-corrected chi connectivity index (χ3v) is 9.82. The fourth-order valence-corrected chi connectivity index (χ4v) is 7.85. The Morgan fingerprint density at radius 2 is 1.63 bits per heavy atom. The second kappa shape index (κ2) is 11.3. The summed E-state index contributed by atoms with van der Waals surface area (Å²) in [5.41, 5.74) is 3.11. The van der Waals surface area contributed by atoms with Crippen molar-refractivity contribution in [2.75, 3.05) is 19.6 Å². The Bertz CT molecular complexity index is 1170. The Morgan fingerprint density at radius 3 is 2.34 bits per heavy atom. The number of halogens is 1. The average molecular weight is 578 g/mol. The quantitative estimate of drug-likeness (QED) is 0.493. The maximum atomic E-state index is 13.8. The van der Waals surface area contributed by atoms with E-state index in [4.69, 9.17) is 5.10 Å². The Balaban J connectivity index is 1.35. The van der Waals surface area contributed by atoms with Crippen LogP contribution in [0, 0.1) is 11.8 Å². The molecule has 0 spiro atoms. The lowest BCUT2D eigenvalue weighted by atomic mass is 9.64. The Morgan fingerprint density at radius 1 is 0.947 bits per heavy atom. The van der Waals surface area contributed by atoms with Gasteiger partial charge in [-0.15, -0.1) is 0 Å². The minimum Gasteiger partial charge on any atom is -0.352 e. The topological polar surface area (TPSA) is 65.0 Å². The normalized spacial score (nSPS) is 31.9. The number of fused-ring (bicyclic) bond motifs is 1. The molecule has 4 aliphatic rings. The molecule has 38 heavy (non-hydrogen) atoms. The lowest BCUT2D eigenvalue weighted by molar-refractivity contribution is -0.134. The summed E-state index contributed by atoms with van der Waals surface area (Å²) in [6, 6.07) is 20.7. The van der Waals surface area contributed by atoms with Gasteiger partial charge >= 0.3 is 0 Å². The molecule has 1 saturated carbocycles. The Kier molecular flexibility index (Phi) is 7.66. The van der Waals surface area contributed by atoms with Crippen molar-refractivity contribution in [2.24, 2.45) is 16.9 Å². The van der Waals surface area contributed by atoms with Gasteiger partial charge in [-0.05, 0) is 62.2 Å². The van der Waals surface area contributed by atoms with Crippen molar-refractivity contribution in [3.05, 3.63) is 71.8 Å². The van der Waals surface area contributed by atoms with E-state index in [2.05, 4.69) is 62.5 Å². The molecule has 2 aromatic rings. The molecule has 0 radical (unpaired) electrons. The van der Waals surface area contributed by atoms with E-state index < -0.39 is 0 Å². The third-order valence-electron chi connectivity index (χ3n) is 8.99. The van der Waals surface area contributed by atoms with Gasteiger partial charge in [0.25, 0.3) is 5.91 Å². The minimum absolute atomic E-state index is 0.0271. The van der Waals surface area contributed by atoms with Crippen LogP contribution in [0.1, 0.15) is 68.0 Å². The van der Waals surface area contributed by atoms with Gasteiger partial charge in [-0.25, -0.2) is 5.01 Å².